The largest absolute Gasteiger partial charge is 0.462 e. The molecule has 3 nitrogen and oxygen atoms in total. The van der Waals surface area contributed by atoms with Crippen molar-refractivity contribution >= 4 is 16.9 Å². The highest BCUT2D eigenvalue weighted by Crippen LogP contribution is 2.41. The molecule has 1 unspecified atom stereocenters. The van der Waals surface area contributed by atoms with Gasteiger partial charge in [-0.3, -0.25) is 0 Å². The number of alkyl halides is 3. The molecule has 1 aromatic heterocycles. The first-order valence-corrected chi connectivity index (χ1v) is 8.14. The molecular formula is C20H17F3O3. The summed E-state index contributed by atoms with van der Waals surface area (Å²) in [5.41, 5.74) is 0.695. The maximum atomic E-state index is 13.8. The smallest absolute Gasteiger partial charge is 0.399 e. The van der Waals surface area contributed by atoms with Gasteiger partial charge >= 0.3 is 12.1 Å². The van der Waals surface area contributed by atoms with Gasteiger partial charge in [-0.2, -0.15) is 13.2 Å². The van der Waals surface area contributed by atoms with E-state index in [1.54, 1.807) is 32.0 Å². The van der Waals surface area contributed by atoms with Gasteiger partial charge in [-0.05, 0) is 37.1 Å². The van der Waals surface area contributed by atoms with Crippen molar-refractivity contribution in [3.05, 3.63) is 71.0 Å². The quantitative estimate of drug-likeness (QED) is 0.566. The molecule has 0 spiro atoms. The molecule has 2 aromatic carbocycles. The Balaban J connectivity index is 2.18. The number of halogens is 3. The van der Waals surface area contributed by atoms with Crippen molar-refractivity contribution in [1.82, 2.24) is 0 Å². The predicted octanol–water partition coefficient (Wildman–Crippen LogP) is 5.61. The Labute approximate surface area is 148 Å². The lowest BCUT2D eigenvalue weighted by Gasteiger charge is -2.21. The van der Waals surface area contributed by atoms with Gasteiger partial charge in [0.05, 0.1) is 6.61 Å². The minimum absolute atomic E-state index is 0.0440. The van der Waals surface area contributed by atoms with Crippen LogP contribution in [0.4, 0.5) is 13.2 Å². The number of aryl methyl sites for hydroxylation is 1. The Bertz CT molecular complexity index is 927. The van der Waals surface area contributed by atoms with Crippen molar-refractivity contribution in [1.29, 1.82) is 0 Å². The predicted molar refractivity (Wildman–Crippen MR) is 91.2 cm³/mol. The highest BCUT2D eigenvalue weighted by molar-refractivity contribution is 6.04. The summed E-state index contributed by atoms with van der Waals surface area (Å²) in [6.07, 6.45) is -4.47. The number of hydrogen-bond acceptors (Lipinski definition) is 3. The molecule has 136 valence electrons. The average Bonchev–Trinajstić information content (AvgIpc) is 2.90. The van der Waals surface area contributed by atoms with E-state index < -0.39 is 18.1 Å². The monoisotopic (exact) mass is 362 g/mol. The van der Waals surface area contributed by atoms with Gasteiger partial charge in [-0.25, -0.2) is 4.79 Å². The summed E-state index contributed by atoms with van der Waals surface area (Å²) in [7, 11) is 0. The summed E-state index contributed by atoms with van der Waals surface area (Å²) in [5, 5.41) is 0.323. The number of hydrogen-bond donors (Lipinski definition) is 0. The van der Waals surface area contributed by atoms with Crippen LogP contribution in [0.2, 0.25) is 0 Å². The molecule has 0 aliphatic rings. The number of carbonyl (C=O) groups excluding carboxylic acids is 1. The summed E-state index contributed by atoms with van der Waals surface area (Å²) in [6, 6.07) is 11.9. The van der Waals surface area contributed by atoms with E-state index in [2.05, 4.69) is 0 Å². The minimum Gasteiger partial charge on any atom is -0.462 e. The van der Waals surface area contributed by atoms with Gasteiger partial charge in [0.25, 0.3) is 0 Å². The van der Waals surface area contributed by atoms with E-state index >= 15 is 0 Å². The van der Waals surface area contributed by atoms with E-state index in [1.807, 2.05) is 0 Å². The molecule has 6 heteroatoms. The number of rotatable bonds is 4. The molecule has 1 atom stereocenters. The molecule has 0 N–H and O–H groups in total. The molecule has 0 amide bonds. The molecule has 26 heavy (non-hydrogen) atoms. The van der Waals surface area contributed by atoms with E-state index in [1.165, 1.54) is 30.3 Å². The third kappa shape index (κ3) is 3.31. The first-order valence-electron chi connectivity index (χ1n) is 8.14. The van der Waals surface area contributed by atoms with Crippen LogP contribution in [0.15, 0.2) is 52.9 Å². The Morgan fingerprint density at radius 3 is 2.42 bits per heavy atom. The van der Waals surface area contributed by atoms with Gasteiger partial charge in [0.1, 0.15) is 22.8 Å². The van der Waals surface area contributed by atoms with E-state index in [-0.39, 0.29) is 23.3 Å². The Morgan fingerprint density at radius 1 is 1.12 bits per heavy atom. The number of fused-ring (bicyclic) bond motifs is 1. The second kappa shape index (κ2) is 6.86. The zero-order valence-corrected chi connectivity index (χ0v) is 14.3. The number of benzene rings is 2. The molecule has 1 heterocycles. The molecule has 0 aliphatic carbocycles. The number of esters is 1. The zero-order chi connectivity index (χ0) is 18.9. The maximum Gasteiger partial charge on any atom is 0.399 e. The van der Waals surface area contributed by atoms with Crippen LogP contribution in [0.1, 0.15) is 40.1 Å². The van der Waals surface area contributed by atoms with Crippen molar-refractivity contribution in [3.8, 4) is 0 Å². The molecule has 0 radical (unpaired) electrons. The van der Waals surface area contributed by atoms with Gasteiger partial charge in [0.2, 0.25) is 0 Å². The van der Waals surface area contributed by atoms with Crippen LogP contribution in [0, 0.1) is 6.92 Å². The van der Waals surface area contributed by atoms with Crippen molar-refractivity contribution in [2.24, 2.45) is 0 Å². The van der Waals surface area contributed by atoms with E-state index in [4.69, 9.17) is 9.15 Å². The van der Waals surface area contributed by atoms with Crippen molar-refractivity contribution < 1.29 is 27.1 Å². The lowest BCUT2D eigenvalue weighted by Crippen LogP contribution is -2.22. The molecule has 0 saturated carbocycles. The molecule has 0 fully saturated rings. The molecular weight excluding hydrogens is 345 g/mol. The zero-order valence-electron chi connectivity index (χ0n) is 14.3. The minimum atomic E-state index is -4.47. The lowest BCUT2D eigenvalue weighted by molar-refractivity contribution is -0.141. The SMILES string of the molecule is CCOC(=O)c1c(C)oc2ccc(C(c3ccccc3)C(F)(F)F)cc12. The summed E-state index contributed by atoms with van der Waals surface area (Å²) >= 11 is 0. The summed E-state index contributed by atoms with van der Waals surface area (Å²) < 4.78 is 51.8. The lowest BCUT2D eigenvalue weighted by atomic mass is 9.89. The molecule has 0 aliphatic heterocycles. The molecule has 3 rings (SSSR count). The van der Waals surface area contributed by atoms with Crippen molar-refractivity contribution in [3.63, 3.8) is 0 Å². The second-order valence-corrected chi connectivity index (χ2v) is 5.89. The fourth-order valence-electron chi connectivity index (χ4n) is 3.09. The van der Waals surface area contributed by atoms with Crippen LogP contribution in [-0.4, -0.2) is 18.8 Å². The highest BCUT2D eigenvalue weighted by atomic mass is 19.4. The van der Waals surface area contributed by atoms with Crippen LogP contribution in [-0.2, 0) is 4.74 Å². The van der Waals surface area contributed by atoms with Crippen LogP contribution >= 0.6 is 0 Å². The van der Waals surface area contributed by atoms with Crippen LogP contribution in [0.25, 0.3) is 11.0 Å². The summed E-state index contributed by atoms with van der Waals surface area (Å²) in [5.74, 6) is -2.08. The van der Waals surface area contributed by atoms with Gasteiger partial charge in [0.15, 0.2) is 0 Å². The Kier molecular flexibility index (Phi) is 4.76. The molecule has 0 saturated heterocycles. The fourth-order valence-corrected chi connectivity index (χ4v) is 3.09. The number of furan rings is 1. The third-order valence-electron chi connectivity index (χ3n) is 4.16. The fraction of sp³-hybridized carbons (Fsp3) is 0.250. The molecule has 3 aromatic rings. The first kappa shape index (κ1) is 18.0. The first-order chi connectivity index (χ1) is 12.3. The standard InChI is InChI=1S/C20H17F3O3/c1-3-25-19(24)17-12(2)26-16-10-9-14(11-15(16)17)18(20(21,22)23)13-7-5-4-6-8-13/h4-11,18H,3H2,1-2H3. The van der Waals surface area contributed by atoms with Crippen LogP contribution < -0.4 is 0 Å². The topological polar surface area (TPSA) is 39.4 Å². The van der Waals surface area contributed by atoms with Crippen LogP contribution in [0.5, 0.6) is 0 Å². The summed E-state index contributed by atoms with van der Waals surface area (Å²) in [4.78, 5) is 12.2. The van der Waals surface area contributed by atoms with E-state index in [9.17, 15) is 18.0 Å². The second-order valence-electron chi connectivity index (χ2n) is 5.89. The maximum absolute atomic E-state index is 13.8. The highest BCUT2D eigenvalue weighted by Gasteiger charge is 2.42. The third-order valence-corrected chi connectivity index (χ3v) is 4.16. The summed E-state index contributed by atoms with van der Waals surface area (Å²) in [6.45, 7) is 3.42. The Morgan fingerprint density at radius 2 is 1.81 bits per heavy atom. The van der Waals surface area contributed by atoms with Gasteiger partial charge in [-0.1, -0.05) is 36.4 Å². The normalized spacial score (nSPS) is 13.0. The number of carbonyl (C=O) groups is 1. The van der Waals surface area contributed by atoms with E-state index in [0.29, 0.717) is 16.7 Å². The van der Waals surface area contributed by atoms with Gasteiger partial charge in [-0.15, -0.1) is 0 Å². The Hall–Kier alpha value is -2.76. The molecule has 0 bridgehead atoms. The van der Waals surface area contributed by atoms with Gasteiger partial charge < -0.3 is 9.15 Å². The van der Waals surface area contributed by atoms with Gasteiger partial charge in [0, 0.05) is 5.39 Å². The van der Waals surface area contributed by atoms with E-state index in [0.717, 1.165) is 0 Å². The van der Waals surface area contributed by atoms with Crippen molar-refractivity contribution in [2.75, 3.05) is 6.61 Å². The average molecular weight is 362 g/mol. The number of ether oxygens (including phenoxy) is 1. The van der Waals surface area contributed by atoms with Crippen molar-refractivity contribution in [2.45, 2.75) is 25.9 Å². The van der Waals surface area contributed by atoms with Crippen LogP contribution in [0.3, 0.4) is 0 Å².